The summed E-state index contributed by atoms with van der Waals surface area (Å²) in [6, 6.07) is 17.6. The van der Waals surface area contributed by atoms with E-state index in [1.807, 2.05) is 42.5 Å². The van der Waals surface area contributed by atoms with E-state index in [0.717, 1.165) is 16.3 Å². The lowest BCUT2D eigenvalue weighted by Gasteiger charge is -2.02. The smallest absolute Gasteiger partial charge is 0.363 e. The molecule has 132 valence electrons. The highest BCUT2D eigenvalue weighted by Crippen LogP contribution is 2.27. The van der Waals surface area contributed by atoms with Gasteiger partial charge in [-0.25, -0.2) is 9.79 Å². The summed E-state index contributed by atoms with van der Waals surface area (Å²) in [5.41, 5.74) is 1.10. The van der Waals surface area contributed by atoms with Crippen LogP contribution in [-0.4, -0.2) is 16.8 Å². The number of rotatable bonds is 3. The maximum atomic E-state index is 12.2. The average Bonchev–Trinajstić information content (AvgIpc) is 3.01. The van der Waals surface area contributed by atoms with Crippen molar-refractivity contribution in [1.29, 1.82) is 0 Å². The summed E-state index contributed by atoms with van der Waals surface area (Å²) in [7, 11) is 0. The average molecular weight is 379 g/mol. The van der Waals surface area contributed by atoms with Crippen molar-refractivity contribution in [3.05, 3.63) is 92.6 Å². The molecule has 0 bridgehead atoms. The lowest BCUT2D eigenvalue weighted by Crippen LogP contribution is -2.06. The number of esters is 1. The lowest BCUT2D eigenvalue weighted by molar-refractivity contribution is -0.384. The van der Waals surface area contributed by atoms with Gasteiger partial charge in [0.2, 0.25) is 5.90 Å². The Morgan fingerprint density at radius 2 is 1.81 bits per heavy atom. The topological polar surface area (TPSA) is 81.8 Å². The van der Waals surface area contributed by atoms with Crippen LogP contribution in [0.3, 0.4) is 0 Å². The summed E-state index contributed by atoms with van der Waals surface area (Å²) in [4.78, 5) is 26.6. The maximum absolute atomic E-state index is 12.2. The molecule has 0 aliphatic carbocycles. The second-order valence-electron chi connectivity index (χ2n) is 5.86. The second-order valence-corrected chi connectivity index (χ2v) is 6.27. The summed E-state index contributed by atoms with van der Waals surface area (Å²) in [6.07, 6.45) is 1.63. The molecule has 1 aliphatic rings. The number of ether oxygens (including phenoxy) is 1. The molecule has 0 amide bonds. The number of nitro benzene ring substituents is 1. The number of nitro groups is 1. The molecule has 0 unspecified atom stereocenters. The van der Waals surface area contributed by atoms with Gasteiger partial charge < -0.3 is 4.74 Å². The van der Waals surface area contributed by atoms with Gasteiger partial charge in [0.1, 0.15) is 0 Å². The normalized spacial score (nSPS) is 15.1. The molecule has 27 heavy (non-hydrogen) atoms. The molecule has 0 aromatic heterocycles. The van der Waals surface area contributed by atoms with Crippen LogP contribution in [-0.2, 0) is 9.53 Å². The van der Waals surface area contributed by atoms with Crippen molar-refractivity contribution in [2.24, 2.45) is 4.99 Å². The first-order chi connectivity index (χ1) is 13.0. The third-order valence-corrected chi connectivity index (χ3v) is 4.40. The van der Waals surface area contributed by atoms with Crippen LogP contribution < -0.4 is 0 Å². The van der Waals surface area contributed by atoms with E-state index >= 15 is 0 Å². The first-order valence-corrected chi connectivity index (χ1v) is 8.35. The van der Waals surface area contributed by atoms with Crippen LogP contribution in [0.25, 0.3) is 16.8 Å². The predicted molar refractivity (Wildman–Crippen MR) is 103 cm³/mol. The third kappa shape index (κ3) is 3.30. The molecule has 0 fully saturated rings. The molecule has 6 nitrogen and oxygen atoms in total. The minimum Gasteiger partial charge on any atom is -0.402 e. The highest BCUT2D eigenvalue weighted by Gasteiger charge is 2.26. The molecule has 4 rings (SSSR count). The van der Waals surface area contributed by atoms with E-state index in [9.17, 15) is 14.9 Å². The van der Waals surface area contributed by atoms with Gasteiger partial charge in [0, 0.05) is 12.1 Å². The van der Waals surface area contributed by atoms with Gasteiger partial charge in [-0.3, -0.25) is 10.1 Å². The van der Waals surface area contributed by atoms with Gasteiger partial charge in [-0.1, -0.05) is 48.0 Å². The fourth-order valence-corrected chi connectivity index (χ4v) is 3.03. The largest absolute Gasteiger partial charge is 0.402 e. The molecule has 0 saturated carbocycles. The summed E-state index contributed by atoms with van der Waals surface area (Å²) in [5.74, 6) is -0.584. The monoisotopic (exact) mass is 378 g/mol. The number of hydrogen-bond acceptors (Lipinski definition) is 5. The Labute approximate surface area is 158 Å². The van der Waals surface area contributed by atoms with Gasteiger partial charge in [-0.05, 0) is 34.5 Å². The number of carbonyl (C=O) groups is 1. The van der Waals surface area contributed by atoms with Crippen molar-refractivity contribution in [1.82, 2.24) is 0 Å². The van der Waals surface area contributed by atoms with Gasteiger partial charge in [0.25, 0.3) is 5.69 Å². The number of cyclic esters (lactones) is 1. The van der Waals surface area contributed by atoms with Crippen LogP contribution in [0.5, 0.6) is 0 Å². The molecule has 0 atom stereocenters. The van der Waals surface area contributed by atoms with Crippen LogP contribution in [0.1, 0.15) is 11.1 Å². The van der Waals surface area contributed by atoms with Crippen molar-refractivity contribution in [3.63, 3.8) is 0 Å². The lowest BCUT2D eigenvalue weighted by atomic mass is 10.1. The first kappa shape index (κ1) is 16.9. The standard InChI is InChI=1S/C20H11ClN2O4/c21-17-11-15(23(25)26)7-8-16(17)19-22-18(20(24)27-19)10-12-5-6-13-3-1-2-4-14(13)9-12/h1-11H. The van der Waals surface area contributed by atoms with Crippen LogP contribution in [0.4, 0.5) is 5.69 Å². The molecule has 1 aliphatic heterocycles. The van der Waals surface area contributed by atoms with E-state index in [4.69, 9.17) is 16.3 Å². The van der Waals surface area contributed by atoms with Crippen LogP contribution >= 0.6 is 11.6 Å². The number of non-ortho nitro benzene ring substituents is 1. The van der Waals surface area contributed by atoms with E-state index in [-0.39, 0.29) is 22.3 Å². The fraction of sp³-hybridized carbons (Fsp3) is 0. The minimum atomic E-state index is -0.604. The Morgan fingerprint density at radius 3 is 2.56 bits per heavy atom. The molecule has 0 radical (unpaired) electrons. The Balaban J connectivity index is 1.70. The predicted octanol–water partition coefficient (Wildman–Crippen LogP) is 4.75. The number of aliphatic imine (C=N–C) groups is 1. The summed E-state index contributed by atoms with van der Waals surface area (Å²) in [5, 5.41) is 13.0. The number of carbonyl (C=O) groups excluding carboxylic acids is 1. The summed E-state index contributed by atoms with van der Waals surface area (Å²) in [6.45, 7) is 0. The zero-order valence-corrected chi connectivity index (χ0v) is 14.5. The van der Waals surface area contributed by atoms with Crippen LogP contribution in [0.15, 0.2) is 71.4 Å². The fourth-order valence-electron chi connectivity index (χ4n) is 2.77. The number of nitrogens with zero attached hydrogens (tertiary/aromatic N) is 2. The van der Waals surface area contributed by atoms with Crippen LogP contribution in [0.2, 0.25) is 5.02 Å². The molecule has 0 N–H and O–H groups in total. The van der Waals surface area contributed by atoms with Crippen molar-refractivity contribution in [3.8, 4) is 0 Å². The van der Waals surface area contributed by atoms with Crippen molar-refractivity contribution >= 4 is 46.0 Å². The molecule has 0 spiro atoms. The minimum absolute atomic E-state index is 0.0203. The quantitative estimate of drug-likeness (QED) is 0.285. The van der Waals surface area contributed by atoms with Crippen molar-refractivity contribution in [2.45, 2.75) is 0 Å². The van der Waals surface area contributed by atoms with Crippen LogP contribution in [0, 0.1) is 10.1 Å². The Morgan fingerprint density at radius 1 is 1.04 bits per heavy atom. The van der Waals surface area contributed by atoms with Crippen molar-refractivity contribution in [2.75, 3.05) is 0 Å². The number of halogens is 1. The summed E-state index contributed by atoms with van der Waals surface area (Å²) >= 11 is 6.08. The molecule has 3 aromatic rings. The van der Waals surface area contributed by atoms with E-state index < -0.39 is 10.9 Å². The summed E-state index contributed by atoms with van der Waals surface area (Å²) < 4.78 is 5.19. The Kier molecular flexibility index (Phi) is 4.18. The Bertz CT molecular complexity index is 1170. The van der Waals surface area contributed by atoms with Gasteiger partial charge >= 0.3 is 5.97 Å². The van der Waals surface area contributed by atoms with Crippen molar-refractivity contribution < 1.29 is 14.5 Å². The highest BCUT2D eigenvalue weighted by molar-refractivity contribution is 6.34. The van der Waals surface area contributed by atoms with E-state index in [2.05, 4.69) is 4.99 Å². The van der Waals surface area contributed by atoms with Gasteiger partial charge in [0.05, 0.1) is 15.5 Å². The zero-order valence-electron chi connectivity index (χ0n) is 13.8. The maximum Gasteiger partial charge on any atom is 0.363 e. The molecular formula is C20H11ClN2O4. The molecule has 0 saturated heterocycles. The van der Waals surface area contributed by atoms with Gasteiger partial charge in [-0.2, -0.15) is 0 Å². The second kappa shape index (κ2) is 6.66. The molecule has 7 heteroatoms. The SMILES string of the molecule is O=C1OC(c2ccc([N+](=O)[O-])cc2Cl)=NC1=Cc1ccc2ccccc2c1. The number of benzene rings is 3. The first-order valence-electron chi connectivity index (χ1n) is 7.97. The molecule has 1 heterocycles. The van der Waals surface area contributed by atoms with Gasteiger partial charge in [0.15, 0.2) is 5.70 Å². The number of hydrogen-bond donors (Lipinski definition) is 0. The Hall–Kier alpha value is -3.51. The number of fused-ring (bicyclic) bond motifs is 1. The third-order valence-electron chi connectivity index (χ3n) is 4.09. The zero-order chi connectivity index (χ0) is 19.0. The van der Waals surface area contributed by atoms with E-state index in [0.29, 0.717) is 5.56 Å². The molecule has 3 aromatic carbocycles. The van der Waals surface area contributed by atoms with E-state index in [1.165, 1.54) is 18.2 Å². The van der Waals surface area contributed by atoms with E-state index in [1.54, 1.807) is 6.08 Å². The highest BCUT2D eigenvalue weighted by atomic mass is 35.5. The van der Waals surface area contributed by atoms with Gasteiger partial charge in [-0.15, -0.1) is 0 Å². The molecular weight excluding hydrogens is 368 g/mol.